The molecule has 2 nitrogen and oxygen atoms in total. The normalized spacial score (nSPS) is 32.2. The van der Waals surface area contributed by atoms with Gasteiger partial charge in [0, 0.05) is 6.04 Å². The smallest absolute Gasteiger partial charge is 0.00700 e. The summed E-state index contributed by atoms with van der Waals surface area (Å²) >= 11 is 0. The fourth-order valence-corrected chi connectivity index (χ4v) is 1.80. The molecule has 2 atom stereocenters. The Labute approximate surface area is 69.5 Å². The number of nitrogens with two attached hydrogens (primary N) is 1. The van der Waals surface area contributed by atoms with E-state index >= 15 is 0 Å². The molecule has 0 aromatic rings. The Morgan fingerprint density at radius 2 is 2.36 bits per heavy atom. The largest absolute Gasteiger partial charge is 0.330 e. The number of nitrogens with one attached hydrogen (secondary N) is 1. The number of hydrogen-bond acceptors (Lipinski definition) is 2. The SMILES string of the molecule is CC1CCNC(CCCN)C1. The van der Waals surface area contributed by atoms with Crippen LogP contribution in [0.2, 0.25) is 0 Å². The van der Waals surface area contributed by atoms with E-state index in [1.807, 2.05) is 0 Å². The highest BCUT2D eigenvalue weighted by Crippen LogP contribution is 2.17. The summed E-state index contributed by atoms with van der Waals surface area (Å²) in [6.45, 7) is 4.39. The molecule has 1 rings (SSSR count). The van der Waals surface area contributed by atoms with Crippen LogP contribution >= 0.6 is 0 Å². The Bertz CT molecular complexity index is 104. The highest BCUT2D eigenvalue weighted by atomic mass is 14.9. The molecule has 0 aromatic heterocycles. The Morgan fingerprint density at radius 3 is 3.00 bits per heavy atom. The monoisotopic (exact) mass is 156 g/mol. The summed E-state index contributed by atoms with van der Waals surface area (Å²) in [6, 6.07) is 0.752. The molecule has 0 amide bonds. The van der Waals surface area contributed by atoms with Crippen molar-refractivity contribution in [1.29, 1.82) is 0 Å². The summed E-state index contributed by atoms with van der Waals surface area (Å²) in [4.78, 5) is 0. The summed E-state index contributed by atoms with van der Waals surface area (Å²) in [7, 11) is 0. The van der Waals surface area contributed by atoms with Gasteiger partial charge in [0.05, 0.1) is 0 Å². The molecule has 1 fully saturated rings. The van der Waals surface area contributed by atoms with E-state index in [0.717, 1.165) is 18.5 Å². The lowest BCUT2D eigenvalue weighted by Crippen LogP contribution is -2.37. The van der Waals surface area contributed by atoms with Crippen LogP contribution in [0.1, 0.15) is 32.6 Å². The molecule has 2 heteroatoms. The summed E-state index contributed by atoms with van der Waals surface area (Å²) < 4.78 is 0. The van der Waals surface area contributed by atoms with Crippen molar-refractivity contribution in [3.63, 3.8) is 0 Å². The van der Waals surface area contributed by atoms with E-state index in [4.69, 9.17) is 5.73 Å². The minimum atomic E-state index is 0.752. The first-order valence-corrected chi connectivity index (χ1v) is 4.76. The van der Waals surface area contributed by atoms with Gasteiger partial charge >= 0.3 is 0 Å². The van der Waals surface area contributed by atoms with Gasteiger partial charge in [-0.2, -0.15) is 0 Å². The fraction of sp³-hybridized carbons (Fsp3) is 1.00. The maximum absolute atomic E-state index is 5.45. The zero-order valence-electron chi connectivity index (χ0n) is 7.47. The first-order chi connectivity index (χ1) is 5.33. The van der Waals surface area contributed by atoms with Crippen molar-refractivity contribution in [3.8, 4) is 0 Å². The fourth-order valence-electron chi connectivity index (χ4n) is 1.80. The van der Waals surface area contributed by atoms with Gasteiger partial charge in [-0.25, -0.2) is 0 Å². The summed E-state index contributed by atoms with van der Waals surface area (Å²) in [5.74, 6) is 0.916. The second-order valence-corrected chi connectivity index (χ2v) is 3.71. The molecule has 0 saturated carbocycles. The van der Waals surface area contributed by atoms with Gasteiger partial charge in [0.25, 0.3) is 0 Å². The lowest BCUT2D eigenvalue weighted by atomic mass is 9.92. The number of piperidine rings is 1. The predicted molar refractivity (Wildman–Crippen MR) is 48.5 cm³/mol. The third-order valence-corrected chi connectivity index (χ3v) is 2.51. The van der Waals surface area contributed by atoms with Crippen molar-refractivity contribution in [2.24, 2.45) is 11.7 Å². The van der Waals surface area contributed by atoms with Gasteiger partial charge in [0.2, 0.25) is 0 Å². The van der Waals surface area contributed by atoms with E-state index in [-0.39, 0.29) is 0 Å². The predicted octanol–water partition coefficient (Wildman–Crippen LogP) is 1.11. The van der Waals surface area contributed by atoms with Crippen LogP contribution in [0.25, 0.3) is 0 Å². The summed E-state index contributed by atoms with van der Waals surface area (Å²) in [5.41, 5.74) is 5.45. The van der Waals surface area contributed by atoms with E-state index in [9.17, 15) is 0 Å². The van der Waals surface area contributed by atoms with Gasteiger partial charge < -0.3 is 11.1 Å². The Kier molecular flexibility index (Phi) is 3.87. The average Bonchev–Trinajstić information content (AvgIpc) is 2.01. The molecule has 0 bridgehead atoms. The highest BCUT2D eigenvalue weighted by molar-refractivity contribution is 4.75. The second kappa shape index (κ2) is 4.73. The van der Waals surface area contributed by atoms with Crippen LogP contribution in [0, 0.1) is 5.92 Å². The zero-order valence-corrected chi connectivity index (χ0v) is 7.47. The molecule has 1 saturated heterocycles. The van der Waals surface area contributed by atoms with Crippen molar-refractivity contribution in [1.82, 2.24) is 5.32 Å². The van der Waals surface area contributed by atoms with E-state index in [1.54, 1.807) is 0 Å². The Balaban J connectivity index is 2.12. The van der Waals surface area contributed by atoms with Crippen molar-refractivity contribution in [2.75, 3.05) is 13.1 Å². The van der Waals surface area contributed by atoms with Gasteiger partial charge in [0.15, 0.2) is 0 Å². The van der Waals surface area contributed by atoms with E-state index < -0.39 is 0 Å². The minimum Gasteiger partial charge on any atom is -0.330 e. The first-order valence-electron chi connectivity index (χ1n) is 4.76. The third-order valence-electron chi connectivity index (χ3n) is 2.51. The average molecular weight is 156 g/mol. The molecule has 1 aliphatic heterocycles. The standard InChI is InChI=1S/C9H20N2/c1-8-4-6-11-9(7-8)3-2-5-10/h8-9,11H,2-7,10H2,1H3. The van der Waals surface area contributed by atoms with Crippen molar-refractivity contribution < 1.29 is 0 Å². The molecular formula is C9H20N2. The lowest BCUT2D eigenvalue weighted by molar-refractivity contribution is 0.305. The van der Waals surface area contributed by atoms with Crippen molar-refractivity contribution in [3.05, 3.63) is 0 Å². The van der Waals surface area contributed by atoms with Crippen LogP contribution in [0.3, 0.4) is 0 Å². The van der Waals surface area contributed by atoms with Crippen LogP contribution in [0.4, 0.5) is 0 Å². The maximum Gasteiger partial charge on any atom is 0.00700 e. The van der Waals surface area contributed by atoms with Gasteiger partial charge in [-0.05, 0) is 44.7 Å². The first kappa shape index (κ1) is 9.01. The molecule has 0 radical (unpaired) electrons. The number of hydrogen-bond donors (Lipinski definition) is 2. The topological polar surface area (TPSA) is 38.0 Å². The minimum absolute atomic E-state index is 0.752. The maximum atomic E-state index is 5.45. The molecule has 1 heterocycles. The number of rotatable bonds is 3. The van der Waals surface area contributed by atoms with Crippen LogP contribution in [-0.4, -0.2) is 19.1 Å². The third kappa shape index (κ3) is 3.21. The van der Waals surface area contributed by atoms with Gasteiger partial charge in [-0.3, -0.25) is 0 Å². The Hall–Kier alpha value is -0.0800. The summed E-state index contributed by atoms with van der Waals surface area (Å²) in [5, 5.41) is 3.53. The van der Waals surface area contributed by atoms with Crippen LogP contribution in [-0.2, 0) is 0 Å². The zero-order chi connectivity index (χ0) is 8.10. The second-order valence-electron chi connectivity index (χ2n) is 3.71. The van der Waals surface area contributed by atoms with E-state index in [1.165, 1.54) is 32.2 Å². The molecule has 1 aliphatic rings. The van der Waals surface area contributed by atoms with E-state index in [0.29, 0.717) is 0 Å². The molecule has 0 spiro atoms. The van der Waals surface area contributed by atoms with Crippen molar-refractivity contribution in [2.45, 2.75) is 38.6 Å². The van der Waals surface area contributed by atoms with Crippen molar-refractivity contribution >= 4 is 0 Å². The van der Waals surface area contributed by atoms with E-state index in [2.05, 4.69) is 12.2 Å². The van der Waals surface area contributed by atoms with Crippen LogP contribution in [0.5, 0.6) is 0 Å². The molecule has 0 aliphatic carbocycles. The molecule has 11 heavy (non-hydrogen) atoms. The lowest BCUT2D eigenvalue weighted by Gasteiger charge is -2.27. The van der Waals surface area contributed by atoms with Gasteiger partial charge in [0.1, 0.15) is 0 Å². The van der Waals surface area contributed by atoms with Crippen LogP contribution < -0.4 is 11.1 Å². The molecule has 2 unspecified atom stereocenters. The highest BCUT2D eigenvalue weighted by Gasteiger charge is 2.16. The van der Waals surface area contributed by atoms with Crippen LogP contribution in [0.15, 0.2) is 0 Å². The summed E-state index contributed by atoms with van der Waals surface area (Å²) in [6.07, 6.45) is 5.13. The molecule has 0 aromatic carbocycles. The van der Waals surface area contributed by atoms with Gasteiger partial charge in [-0.1, -0.05) is 6.92 Å². The molecule has 3 N–H and O–H groups in total. The van der Waals surface area contributed by atoms with Gasteiger partial charge in [-0.15, -0.1) is 0 Å². The quantitative estimate of drug-likeness (QED) is 0.642. The molecular weight excluding hydrogens is 136 g/mol. The molecule has 66 valence electrons. The Morgan fingerprint density at radius 1 is 1.55 bits per heavy atom.